The number of rotatable bonds is 3. The second-order valence-corrected chi connectivity index (χ2v) is 5.65. The quantitative estimate of drug-likeness (QED) is 0.848. The average molecular weight is 323 g/mol. The zero-order valence-corrected chi connectivity index (χ0v) is 12.1. The van der Waals surface area contributed by atoms with Gasteiger partial charge in [0.05, 0.1) is 5.57 Å². The van der Waals surface area contributed by atoms with E-state index in [1.54, 1.807) is 6.08 Å². The molecule has 0 amide bonds. The third kappa shape index (κ3) is 2.89. The van der Waals surface area contributed by atoms with Crippen LogP contribution in [0.3, 0.4) is 0 Å². The number of carbonyl (C=O) groups is 1. The summed E-state index contributed by atoms with van der Waals surface area (Å²) in [6, 6.07) is 9.45. The van der Waals surface area contributed by atoms with E-state index in [1.807, 2.05) is 42.6 Å². The summed E-state index contributed by atoms with van der Waals surface area (Å²) >= 11 is 4.86. The molecular formula is C14H11BrO2S. The molecule has 0 aliphatic heterocycles. The normalized spacial score (nSPS) is 11.6. The molecule has 0 bridgehead atoms. The van der Waals surface area contributed by atoms with Gasteiger partial charge in [-0.15, -0.1) is 11.3 Å². The van der Waals surface area contributed by atoms with Crippen molar-refractivity contribution >= 4 is 44.9 Å². The van der Waals surface area contributed by atoms with E-state index in [-0.39, 0.29) is 0 Å². The van der Waals surface area contributed by atoms with Gasteiger partial charge in [0, 0.05) is 9.35 Å². The number of aliphatic carboxylic acids is 1. The number of carboxylic acid groups (broad SMARTS) is 1. The van der Waals surface area contributed by atoms with Crippen LogP contribution in [0.2, 0.25) is 0 Å². The summed E-state index contributed by atoms with van der Waals surface area (Å²) in [7, 11) is 0. The van der Waals surface area contributed by atoms with Crippen molar-refractivity contribution in [2.75, 3.05) is 0 Å². The maximum Gasteiger partial charge on any atom is 0.337 e. The predicted octanol–water partition coefficient (Wildman–Crippen LogP) is 4.44. The summed E-state index contributed by atoms with van der Waals surface area (Å²) < 4.78 is 1.02. The van der Waals surface area contributed by atoms with Crippen LogP contribution >= 0.6 is 27.3 Å². The Morgan fingerprint density at radius 2 is 2.17 bits per heavy atom. The Morgan fingerprint density at radius 1 is 1.39 bits per heavy atom. The number of thiophene rings is 1. The maximum atomic E-state index is 11.3. The molecule has 1 aromatic carbocycles. The lowest BCUT2D eigenvalue weighted by atomic mass is 10.1. The third-order valence-corrected chi connectivity index (χ3v) is 4.30. The molecule has 0 saturated heterocycles. The van der Waals surface area contributed by atoms with Gasteiger partial charge in [-0.05, 0) is 41.6 Å². The Kier molecular flexibility index (Phi) is 3.99. The highest BCUT2D eigenvalue weighted by Crippen LogP contribution is 2.25. The molecule has 1 N–H and O–H groups in total. The molecule has 2 nitrogen and oxygen atoms in total. The van der Waals surface area contributed by atoms with Gasteiger partial charge in [0.1, 0.15) is 0 Å². The molecule has 0 aliphatic carbocycles. The third-order valence-electron chi connectivity index (χ3n) is 2.51. The van der Waals surface area contributed by atoms with Gasteiger partial charge in [-0.2, -0.15) is 0 Å². The van der Waals surface area contributed by atoms with E-state index >= 15 is 0 Å². The minimum absolute atomic E-state index is 0.326. The van der Waals surface area contributed by atoms with Crippen molar-refractivity contribution in [3.63, 3.8) is 0 Å². The topological polar surface area (TPSA) is 37.3 Å². The molecular weight excluding hydrogens is 312 g/mol. The van der Waals surface area contributed by atoms with Gasteiger partial charge < -0.3 is 5.11 Å². The molecule has 18 heavy (non-hydrogen) atoms. The van der Waals surface area contributed by atoms with Gasteiger partial charge in [0.25, 0.3) is 0 Å². The van der Waals surface area contributed by atoms with Crippen LogP contribution in [0.15, 0.2) is 40.2 Å². The maximum absolute atomic E-state index is 11.3. The first-order chi connectivity index (χ1) is 8.58. The molecule has 0 spiro atoms. The number of aryl methyl sites for hydroxylation is 1. The van der Waals surface area contributed by atoms with Crippen LogP contribution in [-0.2, 0) is 4.79 Å². The number of carboxylic acids is 1. The molecule has 0 saturated carbocycles. The average Bonchev–Trinajstić information content (AvgIpc) is 2.83. The number of hydrogen-bond acceptors (Lipinski definition) is 2. The molecule has 1 aromatic heterocycles. The van der Waals surface area contributed by atoms with Gasteiger partial charge in [-0.1, -0.05) is 34.1 Å². The van der Waals surface area contributed by atoms with E-state index in [2.05, 4.69) is 15.9 Å². The smallest absolute Gasteiger partial charge is 0.337 e. The van der Waals surface area contributed by atoms with Crippen molar-refractivity contribution in [3.8, 4) is 0 Å². The molecule has 92 valence electrons. The van der Waals surface area contributed by atoms with E-state index in [0.717, 1.165) is 20.5 Å². The fraction of sp³-hybridized carbons (Fsp3) is 0.0714. The van der Waals surface area contributed by atoms with E-state index in [9.17, 15) is 9.90 Å². The highest BCUT2D eigenvalue weighted by atomic mass is 79.9. The summed E-state index contributed by atoms with van der Waals surface area (Å²) in [4.78, 5) is 12.0. The Balaban J connectivity index is 2.45. The van der Waals surface area contributed by atoms with Gasteiger partial charge in [-0.3, -0.25) is 0 Å². The minimum atomic E-state index is -0.905. The molecule has 0 atom stereocenters. The first-order valence-electron chi connectivity index (χ1n) is 5.33. The second-order valence-electron chi connectivity index (χ2n) is 3.85. The highest BCUT2D eigenvalue weighted by molar-refractivity contribution is 9.10. The van der Waals surface area contributed by atoms with Crippen LogP contribution in [0.25, 0.3) is 11.6 Å². The van der Waals surface area contributed by atoms with Crippen molar-refractivity contribution < 1.29 is 9.90 Å². The lowest BCUT2D eigenvalue weighted by Crippen LogP contribution is -1.97. The van der Waals surface area contributed by atoms with Crippen LogP contribution in [0.5, 0.6) is 0 Å². The van der Waals surface area contributed by atoms with Crippen LogP contribution in [0.4, 0.5) is 0 Å². The lowest BCUT2D eigenvalue weighted by Gasteiger charge is -2.02. The van der Waals surface area contributed by atoms with E-state index in [0.29, 0.717) is 5.57 Å². The Morgan fingerprint density at radius 3 is 2.72 bits per heavy atom. The molecule has 0 fully saturated rings. The van der Waals surface area contributed by atoms with Gasteiger partial charge >= 0.3 is 5.97 Å². The summed E-state index contributed by atoms with van der Waals surface area (Å²) in [6.45, 7) is 1.98. The second kappa shape index (κ2) is 5.50. The number of benzene rings is 1. The highest BCUT2D eigenvalue weighted by Gasteiger charge is 2.11. The minimum Gasteiger partial charge on any atom is -0.478 e. The van der Waals surface area contributed by atoms with Crippen molar-refractivity contribution in [1.82, 2.24) is 0 Å². The van der Waals surface area contributed by atoms with Gasteiger partial charge in [0.2, 0.25) is 0 Å². The molecule has 0 radical (unpaired) electrons. The SMILES string of the molecule is Cc1cc(C=C(C(=O)O)c2cccs2)ccc1Br. The summed E-state index contributed by atoms with van der Waals surface area (Å²) in [5.41, 5.74) is 2.30. The summed E-state index contributed by atoms with van der Waals surface area (Å²) in [6.07, 6.45) is 1.70. The van der Waals surface area contributed by atoms with Crippen molar-refractivity contribution in [1.29, 1.82) is 0 Å². The molecule has 0 unspecified atom stereocenters. The fourth-order valence-corrected chi connectivity index (χ4v) is 2.58. The van der Waals surface area contributed by atoms with Crippen LogP contribution < -0.4 is 0 Å². The van der Waals surface area contributed by atoms with Crippen molar-refractivity contribution in [3.05, 3.63) is 56.2 Å². The number of halogens is 1. The molecule has 4 heteroatoms. The van der Waals surface area contributed by atoms with Crippen molar-refractivity contribution in [2.24, 2.45) is 0 Å². The summed E-state index contributed by atoms with van der Waals surface area (Å²) in [5, 5.41) is 11.1. The first kappa shape index (κ1) is 13.1. The fourth-order valence-electron chi connectivity index (χ4n) is 1.59. The van der Waals surface area contributed by atoms with Crippen LogP contribution in [0.1, 0.15) is 16.0 Å². The zero-order valence-electron chi connectivity index (χ0n) is 9.68. The molecule has 0 aliphatic rings. The Hall–Kier alpha value is -1.39. The predicted molar refractivity (Wildman–Crippen MR) is 78.7 cm³/mol. The summed E-state index contributed by atoms with van der Waals surface area (Å²) in [5.74, 6) is -0.905. The molecule has 2 aromatic rings. The Labute approximate surface area is 118 Å². The number of hydrogen-bond donors (Lipinski definition) is 1. The standard InChI is InChI=1S/C14H11BrO2S/c1-9-7-10(4-5-12(9)15)8-11(14(16)17)13-3-2-6-18-13/h2-8H,1H3,(H,16,17). The first-order valence-corrected chi connectivity index (χ1v) is 7.00. The van der Waals surface area contributed by atoms with Gasteiger partial charge in [0.15, 0.2) is 0 Å². The largest absolute Gasteiger partial charge is 0.478 e. The van der Waals surface area contributed by atoms with Crippen molar-refractivity contribution in [2.45, 2.75) is 6.92 Å². The molecule has 2 rings (SSSR count). The van der Waals surface area contributed by atoms with Crippen LogP contribution in [0, 0.1) is 6.92 Å². The van der Waals surface area contributed by atoms with Crippen LogP contribution in [-0.4, -0.2) is 11.1 Å². The Bertz CT molecular complexity index is 600. The van der Waals surface area contributed by atoms with Gasteiger partial charge in [-0.25, -0.2) is 4.79 Å². The zero-order chi connectivity index (χ0) is 13.1. The van der Waals surface area contributed by atoms with E-state index < -0.39 is 5.97 Å². The van der Waals surface area contributed by atoms with E-state index in [1.165, 1.54) is 11.3 Å². The van der Waals surface area contributed by atoms with E-state index in [4.69, 9.17) is 0 Å². The monoisotopic (exact) mass is 322 g/mol. The lowest BCUT2D eigenvalue weighted by molar-refractivity contribution is -0.130. The molecule has 1 heterocycles.